The molecule has 8 nitrogen and oxygen atoms in total. The van der Waals surface area contributed by atoms with Crippen LogP contribution in [0.25, 0.3) is 0 Å². The molecule has 2 atom stereocenters. The molecule has 0 spiro atoms. The number of rotatable bonds is 4. The molecule has 1 amide bonds. The van der Waals surface area contributed by atoms with Crippen molar-refractivity contribution in [2.24, 2.45) is 5.92 Å². The van der Waals surface area contributed by atoms with Gasteiger partial charge in [0.1, 0.15) is 17.5 Å². The Morgan fingerprint density at radius 3 is 2.48 bits per heavy atom. The number of benzene rings is 2. The van der Waals surface area contributed by atoms with Gasteiger partial charge in [-0.05, 0) is 29.8 Å². The highest BCUT2D eigenvalue weighted by Gasteiger charge is 2.40. The van der Waals surface area contributed by atoms with E-state index in [1.54, 1.807) is 31.4 Å². The third kappa shape index (κ3) is 3.41. The molecule has 0 saturated carbocycles. The van der Waals surface area contributed by atoms with E-state index in [1.165, 1.54) is 0 Å². The number of aromatic nitrogens is 2. The van der Waals surface area contributed by atoms with Crippen LogP contribution in [0.3, 0.4) is 0 Å². The summed E-state index contributed by atoms with van der Waals surface area (Å²) in [5.74, 6) is -1.31. The number of carbonyl (C=O) groups excluding carboxylic acids is 1. The number of nitrogens with zero attached hydrogens (tertiary/aromatic N) is 2. The second-order valence-electron chi connectivity index (χ2n) is 6.51. The van der Waals surface area contributed by atoms with Crippen molar-refractivity contribution in [1.82, 2.24) is 9.97 Å². The summed E-state index contributed by atoms with van der Waals surface area (Å²) in [6, 6.07) is 18.2. The van der Waals surface area contributed by atoms with Crippen LogP contribution in [-0.4, -0.2) is 23.0 Å². The Labute approximate surface area is 166 Å². The SMILES string of the molecule is COc1ccc([C@H]2c3c(nc(Nc4ccccc4)[nH]c3=O)NC(=O)[C@@H]2C#N)cc1. The maximum atomic E-state index is 12.9. The minimum atomic E-state index is -1.05. The van der Waals surface area contributed by atoms with Crippen LogP contribution in [-0.2, 0) is 4.79 Å². The zero-order valence-electron chi connectivity index (χ0n) is 15.5. The Morgan fingerprint density at radius 2 is 1.83 bits per heavy atom. The lowest BCUT2D eigenvalue weighted by Gasteiger charge is -2.28. The maximum absolute atomic E-state index is 12.9. The van der Waals surface area contributed by atoms with E-state index in [4.69, 9.17) is 4.74 Å². The third-order valence-corrected chi connectivity index (χ3v) is 4.77. The number of amides is 1. The average molecular weight is 387 g/mol. The van der Waals surface area contributed by atoms with Crippen molar-refractivity contribution < 1.29 is 9.53 Å². The van der Waals surface area contributed by atoms with Gasteiger partial charge in [0.15, 0.2) is 0 Å². The van der Waals surface area contributed by atoms with E-state index in [0.29, 0.717) is 11.3 Å². The third-order valence-electron chi connectivity index (χ3n) is 4.77. The quantitative estimate of drug-likeness (QED) is 0.633. The van der Waals surface area contributed by atoms with Crippen LogP contribution >= 0.6 is 0 Å². The van der Waals surface area contributed by atoms with Crippen LogP contribution in [0.1, 0.15) is 17.0 Å². The highest BCUT2D eigenvalue weighted by molar-refractivity contribution is 5.98. The number of ether oxygens (including phenoxy) is 1. The lowest BCUT2D eigenvalue weighted by molar-refractivity contribution is -0.119. The van der Waals surface area contributed by atoms with Crippen molar-refractivity contribution in [2.45, 2.75) is 5.92 Å². The molecule has 0 fully saturated rings. The number of methoxy groups -OCH3 is 1. The molecule has 8 heteroatoms. The number of para-hydroxylation sites is 1. The Hall–Kier alpha value is -4.12. The smallest absolute Gasteiger partial charge is 0.258 e. The van der Waals surface area contributed by atoms with Gasteiger partial charge in [-0.2, -0.15) is 10.2 Å². The summed E-state index contributed by atoms with van der Waals surface area (Å²) in [6.07, 6.45) is 0. The van der Waals surface area contributed by atoms with Crippen molar-refractivity contribution in [2.75, 3.05) is 17.7 Å². The Balaban J connectivity index is 1.80. The van der Waals surface area contributed by atoms with E-state index in [-0.39, 0.29) is 17.3 Å². The minimum Gasteiger partial charge on any atom is -0.497 e. The van der Waals surface area contributed by atoms with Crippen LogP contribution < -0.4 is 20.9 Å². The van der Waals surface area contributed by atoms with Crippen LogP contribution in [0.5, 0.6) is 5.75 Å². The van der Waals surface area contributed by atoms with Gasteiger partial charge in [-0.15, -0.1) is 0 Å². The van der Waals surface area contributed by atoms with Gasteiger partial charge in [-0.1, -0.05) is 30.3 Å². The molecule has 1 aliphatic rings. The largest absolute Gasteiger partial charge is 0.497 e. The lowest BCUT2D eigenvalue weighted by Crippen LogP contribution is -2.38. The first-order valence-corrected chi connectivity index (χ1v) is 8.91. The molecule has 0 radical (unpaired) electrons. The summed E-state index contributed by atoms with van der Waals surface area (Å²) in [5.41, 5.74) is 1.22. The Morgan fingerprint density at radius 1 is 1.10 bits per heavy atom. The zero-order valence-corrected chi connectivity index (χ0v) is 15.5. The molecule has 1 aliphatic heterocycles. The van der Waals surface area contributed by atoms with Crippen molar-refractivity contribution in [3.63, 3.8) is 0 Å². The van der Waals surface area contributed by atoms with Gasteiger partial charge in [-0.3, -0.25) is 14.6 Å². The highest BCUT2D eigenvalue weighted by atomic mass is 16.5. The summed E-state index contributed by atoms with van der Waals surface area (Å²) in [6.45, 7) is 0. The molecule has 3 N–H and O–H groups in total. The summed E-state index contributed by atoms with van der Waals surface area (Å²) in [4.78, 5) is 32.5. The maximum Gasteiger partial charge on any atom is 0.258 e. The summed E-state index contributed by atoms with van der Waals surface area (Å²) >= 11 is 0. The number of nitrogens with one attached hydrogen (secondary N) is 3. The lowest BCUT2D eigenvalue weighted by atomic mass is 9.79. The van der Waals surface area contributed by atoms with E-state index in [9.17, 15) is 14.9 Å². The monoisotopic (exact) mass is 387 g/mol. The van der Waals surface area contributed by atoms with Crippen LogP contribution in [0.2, 0.25) is 0 Å². The molecule has 0 bridgehead atoms. The summed E-state index contributed by atoms with van der Waals surface area (Å²) in [5, 5.41) is 15.2. The van der Waals surface area contributed by atoms with Gasteiger partial charge in [0.2, 0.25) is 11.9 Å². The fraction of sp³-hybridized carbons (Fsp3) is 0.143. The minimum absolute atomic E-state index is 0.143. The number of hydrogen-bond acceptors (Lipinski definition) is 6. The fourth-order valence-electron chi connectivity index (χ4n) is 3.40. The zero-order chi connectivity index (χ0) is 20.4. The average Bonchev–Trinajstić information content (AvgIpc) is 2.73. The molecule has 0 unspecified atom stereocenters. The van der Waals surface area contributed by atoms with E-state index in [2.05, 4.69) is 20.6 Å². The molecule has 4 rings (SSSR count). The number of H-pyrrole nitrogens is 1. The van der Waals surface area contributed by atoms with Crippen molar-refractivity contribution >= 4 is 23.4 Å². The molecule has 144 valence electrons. The number of hydrogen-bond donors (Lipinski definition) is 3. The predicted octanol–water partition coefficient (Wildman–Crippen LogP) is 2.75. The standard InChI is InChI=1S/C21H17N5O3/c1-29-14-9-7-12(8-10-14)16-15(11-22)19(27)24-18-17(16)20(28)26-21(25-18)23-13-5-3-2-4-6-13/h2-10,15-16H,1H3,(H3,23,24,25,26,27,28)/t15-,16-/m1/s1. The van der Waals surface area contributed by atoms with Gasteiger partial charge in [-0.25, -0.2) is 0 Å². The number of nitriles is 1. The number of fused-ring (bicyclic) bond motifs is 1. The van der Waals surface area contributed by atoms with Crippen LogP contribution in [0.4, 0.5) is 17.5 Å². The van der Waals surface area contributed by atoms with Gasteiger partial charge in [0, 0.05) is 11.6 Å². The van der Waals surface area contributed by atoms with E-state index >= 15 is 0 Å². The fourth-order valence-corrected chi connectivity index (χ4v) is 3.40. The van der Waals surface area contributed by atoms with Gasteiger partial charge >= 0.3 is 0 Å². The Bertz CT molecular complexity index is 1150. The van der Waals surface area contributed by atoms with E-state index in [1.807, 2.05) is 36.4 Å². The molecule has 1 aromatic heterocycles. The molecule has 0 saturated heterocycles. The van der Waals surface area contributed by atoms with Crippen LogP contribution in [0.15, 0.2) is 59.4 Å². The van der Waals surface area contributed by atoms with Gasteiger partial charge in [0.25, 0.3) is 5.56 Å². The molecular formula is C21H17N5O3. The normalized spacial score (nSPS) is 17.6. The number of anilines is 3. The first-order valence-electron chi connectivity index (χ1n) is 8.91. The molecule has 2 aromatic carbocycles. The first kappa shape index (κ1) is 18.3. The summed E-state index contributed by atoms with van der Waals surface area (Å²) < 4.78 is 5.16. The first-order chi connectivity index (χ1) is 14.1. The van der Waals surface area contributed by atoms with Crippen molar-refractivity contribution in [3.05, 3.63) is 76.1 Å². The molecule has 2 heterocycles. The molecule has 3 aromatic rings. The van der Waals surface area contributed by atoms with E-state index < -0.39 is 23.3 Å². The predicted molar refractivity (Wildman–Crippen MR) is 107 cm³/mol. The second-order valence-corrected chi connectivity index (χ2v) is 6.51. The number of carbonyl (C=O) groups is 1. The van der Waals surface area contributed by atoms with Crippen LogP contribution in [0, 0.1) is 17.2 Å². The van der Waals surface area contributed by atoms with E-state index in [0.717, 1.165) is 5.69 Å². The number of aromatic amines is 1. The molecule has 29 heavy (non-hydrogen) atoms. The van der Waals surface area contributed by atoms with Gasteiger partial charge < -0.3 is 15.4 Å². The summed E-state index contributed by atoms with van der Waals surface area (Å²) in [7, 11) is 1.55. The molecular weight excluding hydrogens is 370 g/mol. The Kier molecular flexibility index (Phi) is 4.71. The highest BCUT2D eigenvalue weighted by Crippen LogP contribution is 2.38. The molecule has 0 aliphatic carbocycles. The van der Waals surface area contributed by atoms with Gasteiger partial charge in [0.05, 0.1) is 18.7 Å². The second kappa shape index (κ2) is 7.48. The van der Waals surface area contributed by atoms with Crippen molar-refractivity contribution in [1.29, 1.82) is 5.26 Å². The van der Waals surface area contributed by atoms with Crippen molar-refractivity contribution in [3.8, 4) is 11.8 Å². The topological polar surface area (TPSA) is 120 Å².